The predicted octanol–water partition coefficient (Wildman–Crippen LogP) is 1.97. The van der Waals surface area contributed by atoms with Crippen molar-refractivity contribution in [1.82, 2.24) is 10.2 Å². The molecular formula is C11H12FN3O2S. The molecule has 0 saturated heterocycles. The first-order valence-electron chi connectivity index (χ1n) is 5.19. The Balaban J connectivity index is 2.36. The zero-order valence-electron chi connectivity index (χ0n) is 9.86. The lowest BCUT2D eigenvalue weighted by Gasteiger charge is -2.08. The standard InChI is InChI=1S/C11H12FN3O2S/c1-7-5-9(12)3-4-10(7)18(16,17)15-11-6-8(2)13-14-11/h3-6H,1-2H3,(H2,13,14,15). The molecule has 1 aromatic heterocycles. The molecule has 0 radical (unpaired) electrons. The van der Waals surface area contributed by atoms with Crippen LogP contribution in [0.4, 0.5) is 10.2 Å². The number of sulfonamides is 1. The van der Waals surface area contributed by atoms with E-state index in [-0.39, 0.29) is 10.7 Å². The van der Waals surface area contributed by atoms with Crippen LogP contribution in [0.2, 0.25) is 0 Å². The third-order valence-electron chi connectivity index (χ3n) is 2.37. The summed E-state index contributed by atoms with van der Waals surface area (Å²) < 4.78 is 39.4. The second kappa shape index (κ2) is 4.41. The fraction of sp³-hybridized carbons (Fsp3) is 0.182. The normalized spacial score (nSPS) is 11.5. The lowest BCUT2D eigenvalue weighted by atomic mass is 10.2. The summed E-state index contributed by atoms with van der Waals surface area (Å²) in [6.45, 7) is 3.29. The molecule has 0 unspecified atom stereocenters. The molecule has 0 aliphatic carbocycles. The Morgan fingerprint density at radius 1 is 1.28 bits per heavy atom. The summed E-state index contributed by atoms with van der Waals surface area (Å²) in [7, 11) is -3.75. The minimum Gasteiger partial charge on any atom is -0.281 e. The van der Waals surface area contributed by atoms with Crippen LogP contribution in [0.1, 0.15) is 11.3 Å². The van der Waals surface area contributed by atoms with Crippen LogP contribution in [0.5, 0.6) is 0 Å². The van der Waals surface area contributed by atoms with Crippen LogP contribution in [-0.4, -0.2) is 18.6 Å². The van der Waals surface area contributed by atoms with Gasteiger partial charge in [-0.25, -0.2) is 12.8 Å². The summed E-state index contributed by atoms with van der Waals surface area (Å²) in [5.74, 6) is -0.265. The van der Waals surface area contributed by atoms with Gasteiger partial charge >= 0.3 is 0 Å². The van der Waals surface area contributed by atoms with Crippen LogP contribution in [0.25, 0.3) is 0 Å². The van der Waals surface area contributed by atoms with Crippen molar-refractivity contribution in [2.45, 2.75) is 18.7 Å². The molecule has 0 saturated carbocycles. The Hall–Kier alpha value is -1.89. The molecule has 0 spiro atoms. The van der Waals surface area contributed by atoms with Gasteiger partial charge < -0.3 is 0 Å². The first kappa shape index (κ1) is 12.6. The first-order chi connectivity index (χ1) is 8.38. The van der Waals surface area contributed by atoms with Crippen LogP contribution in [0.3, 0.4) is 0 Å². The zero-order valence-corrected chi connectivity index (χ0v) is 10.7. The van der Waals surface area contributed by atoms with Gasteiger partial charge in [-0.15, -0.1) is 0 Å². The van der Waals surface area contributed by atoms with Crippen molar-refractivity contribution < 1.29 is 12.8 Å². The molecule has 2 N–H and O–H groups in total. The molecule has 1 heterocycles. The maximum atomic E-state index is 12.9. The molecule has 7 heteroatoms. The summed E-state index contributed by atoms with van der Waals surface area (Å²) in [5, 5.41) is 6.41. The Kier molecular flexibility index (Phi) is 3.08. The number of aromatic nitrogens is 2. The molecule has 1 aromatic carbocycles. The van der Waals surface area contributed by atoms with E-state index in [4.69, 9.17) is 0 Å². The third kappa shape index (κ3) is 2.51. The highest BCUT2D eigenvalue weighted by Gasteiger charge is 2.18. The van der Waals surface area contributed by atoms with Crippen molar-refractivity contribution in [1.29, 1.82) is 0 Å². The van der Waals surface area contributed by atoms with Gasteiger partial charge in [-0.1, -0.05) is 0 Å². The van der Waals surface area contributed by atoms with Gasteiger partial charge in [-0.05, 0) is 37.6 Å². The van der Waals surface area contributed by atoms with E-state index in [0.717, 1.165) is 11.8 Å². The number of rotatable bonds is 3. The van der Waals surface area contributed by atoms with E-state index in [2.05, 4.69) is 14.9 Å². The van der Waals surface area contributed by atoms with Gasteiger partial charge in [0.2, 0.25) is 0 Å². The van der Waals surface area contributed by atoms with Crippen LogP contribution < -0.4 is 4.72 Å². The second-order valence-corrected chi connectivity index (χ2v) is 5.60. The first-order valence-corrected chi connectivity index (χ1v) is 6.68. The summed E-state index contributed by atoms with van der Waals surface area (Å²) in [5.41, 5.74) is 1.08. The van der Waals surface area contributed by atoms with Gasteiger partial charge in [0.1, 0.15) is 5.82 Å². The summed E-state index contributed by atoms with van der Waals surface area (Å²) >= 11 is 0. The van der Waals surface area contributed by atoms with Crippen molar-refractivity contribution >= 4 is 15.8 Å². The number of nitrogens with one attached hydrogen (secondary N) is 2. The molecule has 0 atom stereocenters. The topological polar surface area (TPSA) is 74.8 Å². The molecule has 2 aromatic rings. The Bertz CT molecular complexity index is 679. The molecule has 0 fully saturated rings. The molecule has 5 nitrogen and oxygen atoms in total. The molecule has 0 bridgehead atoms. The highest BCUT2D eigenvalue weighted by atomic mass is 32.2. The van der Waals surface area contributed by atoms with Gasteiger partial charge in [0.05, 0.1) is 4.90 Å². The Morgan fingerprint density at radius 3 is 2.56 bits per heavy atom. The Morgan fingerprint density at radius 2 is 2.00 bits per heavy atom. The zero-order chi connectivity index (χ0) is 13.3. The molecule has 0 aliphatic rings. The number of nitrogens with zero attached hydrogens (tertiary/aromatic N) is 1. The number of halogens is 1. The van der Waals surface area contributed by atoms with Crippen molar-refractivity contribution in [3.05, 3.63) is 41.3 Å². The van der Waals surface area contributed by atoms with Crippen molar-refractivity contribution in [3.63, 3.8) is 0 Å². The van der Waals surface area contributed by atoms with E-state index in [1.165, 1.54) is 19.1 Å². The van der Waals surface area contributed by atoms with E-state index < -0.39 is 15.8 Å². The van der Waals surface area contributed by atoms with Crippen LogP contribution >= 0.6 is 0 Å². The average molecular weight is 269 g/mol. The maximum absolute atomic E-state index is 12.9. The third-order valence-corrected chi connectivity index (χ3v) is 3.89. The van der Waals surface area contributed by atoms with E-state index in [9.17, 15) is 12.8 Å². The van der Waals surface area contributed by atoms with Crippen LogP contribution in [0.15, 0.2) is 29.2 Å². The predicted molar refractivity (Wildman–Crippen MR) is 65.3 cm³/mol. The summed E-state index contributed by atoms with van der Waals surface area (Å²) in [6, 6.07) is 5.07. The van der Waals surface area contributed by atoms with E-state index in [1.54, 1.807) is 13.0 Å². The van der Waals surface area contributed by atoms with E-state index in [0.29, 0.717) is 5.56 Å². The molecule has 96 valence electrons. The highest BCUT2D eigenvalue weighted by Crippen LogP contribution is 2.19. The largest absolute Gasteiger partial charge is 0.281 e. The lowest BCUT2D eigenvalue weighted by Crippen LogP contribution is -2.14. The van der Waals surface area contributed by atoms with E-state index >= 15 is 0 Å². The van der Waals surface area contributed by atoms with Crippen LogP contribution in [-0.2, 0) is 10.0 Å². The number of aromatic amines is 1. The van der Waals surface area contributed by atoms with Crippen molar-refractivity contribution in [2.75, 3.05) is 4.72 Å². The number of aryl methyl sites for hydroxylation is 2. The molecule has 0 amide bonds. The lowest BCUT2D eigenvalue weighted by molar-refractivity contribution is 0.598. The number of benzene rings is 1. The minimum atomic E-state index is -3.75. The second-order valence-electron chi connectivity index (χ2n) is 3.95. The summed E-state index contributed by atoms with van der Waals surface area (Å²) in [6.07, 6.45) is 0. The van der Waals surface area contributed by atoms with Gasteiger partial charge in [-0.3, -0.25) is 9.82 Å². The average Bonchev–Trinajstić information content (AvgIpc) is 2.62. The fourth-order valence-corrected chi connectivity index (χ4v) is 2.80. The molecule has 2 rings (SSSR count). The smallest absolute Gasteiger partial charge is 0.263 e. The number of hydrogen-bond donors (Lipinski definition) is 2. The highest BCUT2D eigenvalue weighted by molar-refractivity contribution is 7.92. The van der Waals surface area contributed by atoms with Crippen molar-refractivity contribution in [2.24, 2.45) is 0 Å². The van der Waals surface area contributed by atoms with Crippen molar-refractivity contribution in [3.8, 4) is 0 Å². The minimum absolute atomic E-state index is 0.0320. The number of hydrogen-bond acceptors (Lipinski definition) is 3. The van der Waals surface area contributed by atoms with Gasteiger partial charge in [-0.2, -0.15) is 5.10 Å². The van der Waals surface area contributed by atoms with Gasteiger partial charge in [0.25, 0.3) is 10.0 Å². The Labute approximate surface area is 104 Å². The van der Waals surface area contributed by atoms with Gasteiger partial charge in [0, 0.05) is 11.8 Å². The molecule has 0 aliphatic heterocycles. The maximum Gasteiger partial charge on any atom is 0.263 e. The molecular weight excluding hydrogens is 257 g/mol. The molecule has 18 heavy (non-hydrogen) atoms. The number of H-pyrrole nitrogens is 1. The number of anilines is 1. The van der Waals surface area contributed by atoms with E-state index in [1.807, 2.05) is 0 Å². The SMILES string of the molecule is Cc1cc(NS(=O)(=O)c2ccc(F)cc2C)n[nH]1. The fourth-order valence-electron chi connectivity index (χ4n) is 1.58. The van der Waals surface area contributed by atoms with Gasteiger partial charge in [0.15, 0.2) is 5.82 Å². The quantitative estimate of drug-likeness (QED) is 0.894. The van der Waals surface area contributed by atoms with Crippen LogP contribution in [0, 0.1) is 19.7 Å². The monoisotopic (exact) mass is 269 g/mol. The summed E-state index contributed by atoms with van der Waals surface area (Å²) in [4.78, 5) is 0.0320.